The number of aromatic nitrogens is 3. The molecule has 1 aromatic carbocycles. The fraction of sp³-hybridized carbons (Fsp3) is 0.188. The second kappa shape index (κ2) is 6.72. The standard InChI is InChI=1S/C16H11ClF3N3O2/c17-12-4-2-1-3-10(12)5-7-23-8-6-11(9-13(23)24)14-21-15(25-22-14)16(18,19)20/h1-4,6,8-9H,5,7H2. The van der Waals surface area contributed by atoms with Crippen LogP contribution in [0.2, 0.25) is 5.02 Å². The first-order valence-corrected chi connectivity index (χ1v) is 7.57. The van der Waals surface area contributed by atoms with Crippen LogP contribution >= 0.6 is 11.6 Å². The average molecular weight is 370 g/mol. The number of hydrogen-bond acceptors (Lipinski definition) is 4. The van der Waals surface area contributed by atoms with Crippen LogP contribution in [0.25, 0.3) is 11.4 Å². The Hall–Kier alpha value is -2.61. The van der Waals surface area contributed by atoms with E-state index in [0.717, 1.165) is 11.6 Å². The molecule has 2 heterocycles. The Morgan fingerprint density at radius 1 is 1.20 bits per heavy atom. The van der Waals surface area contributed by atoms with Crippen molar-refractivity contribution in [2.45, 2.75) is 19.1 Å². The second-order valence-corrected chi connectivity index (χ2v) is 5.62. The van der Waals surface area contributed by atoms with E-state index in [4.69, 9.17) is 11.6 Å². The maximum absolute atomic E-state index is 12.5. The van der Waals surface area contributed by atoms with Crippen LogP contribution in [-0.4, -0.2) is 14.7 Å². The Morgan fingerprint density at radius 2 is 1.96 bits per heavy atom. The van der Waals surface area contributed by atoms with E-state index in [9.17, 15) is 18.0 Å². The predicted molar refractivity (Wildman–Crippen MR) is 84.2 cm³/mol. The van der Waals surface area contributed by atoms with E-state index in [1.54, 1.807) is 6.07 Å². The molecule has 0 saturated carbocycles. The summed E-state index contributed by atoms with van der Waals surface area (Å²) in [4.78, 5) is 15.4. The zero-order valence-corrected chi connectivity index (χ0v) is 13.4. The van der Waals surface area contributed by atoms with Gasteiger partial charge in [-0.25, -0.2) is 0 Å². The Balaban J connectivity index is 1.78. The van der Waals surface area contributed by atoms with Crippen LogP contribution in [-0.2, 0) is 19.1 Å². The van der Waals surface area contributed by atoms with Gasteiger partial charge < -0.3 is 9.09 Å². The SMILES string of the molecule is O=c1cc(-c2noc(C(F)(F)F)n2)ccn1CCc1ccccc1Cl. The molecule has 5 nitrogen and oxygen atoms in total. The third-order valence-electron chi connectivity index (χ3n) is 3.50. The van der Waals surface area contributed by atoms with Crippen molar-refractivity contribution in [1.29, 1.82) is 0 Å². The molecular formula is C16H11ClF3N3O2. The molecular weight excluding hydrogens is 359 g/mol. The lowest BCUT2D eigenvalue weighted by molar-refractivity contribution is -0.159. The van der Waals surface area contributed by atoms with Crippen LogP contribution in [0.5, 0.6) is 0 Å². The van der Waals surface area contributed by atoms with Crippen LogP contribution in [0.3, 0.4) is 0 Å². The molecule has 3 rings (SSSR count). The first-order chi connectivity index (χ1) is 11.8. The van der Waals surface area contributed by atoms with Crippen LogP contribution in [0.4, 0.5) is 13.2 Å². The quantitative estimate of drug-likeness (QED) is 0.701. The fourth-order valence-electron chi connectivity index (χ4n) is 2.23. The molecule has 0 unspecified atom stereocenters. The molecule has 0 spiro atoms. The number of benzene rings is 1. The van der Waals surface area contributed by atoms with Crippen molar-refractivity contribution in [1.82, 2.24) is 14.7 Å². The summed E-state index contributed by atoms with van der Waals surface area (Å²) in [7, 11) is 0. The fourth-order valence-corrected chi connectivity index (χ4v) is 2.46. The lowest BCUT2D eigenvalue weighted by Crippen LogP contribution is -2.19. The molecule has 25 heavy (non-hydrogen) atoms. The van der Waals surface area contributed by atoms with Crippen LogP contribution < -0.4 is 5.56 Å². The molecule has 0 saturated heterocycles. The highest BCUT2D eigenvalue weighted by atomic mass is 35.5. The number of rotatable bonds is 4. The van der Waals surface area contributed by atoms with Gasteiger partial charge in [0.15, 0.2) is 0 Å². The van der Waals surface area contributed by atoms with E-state index in [-0.39, 0.29) is 16.9 Å². The smallest absolute Gasteiger partial charge is 0.329 e. The van der Waals surface area contributed by atoms with E-state index in [1.807, 2.05) is 18.2 Å². The van der Waals surface area contributed by atoms with Gasteiger partial charge in [0.05, 0.1) is 0 Å². The highest BCUT2D eigenvalue weighted by molar-refractivity contribution is 6.31. The molecule has 0 N–H and O–H groups in total. The van der Waals surface area contributed by atoms with Gasteiger partial charge in [-0.1, -0.05) is 35.0 Å². The maximum Gasteiger partial charge on any atom is 0.471 e. The van der Waals surface area contributed by atoms with Gasteiger partial charge in [-0.05, 0) is 24.1 Å². The summed E-state index contributed by atoms with van der Waals surface area (Å²) < 4.78 is 43.0. The van der Waals surface area contributed by atoms with Gasteiger partial charge in [0.25, 0.3) is 5.56 Å². The Labute approximate surface area is 144 Å². The van der Waals surface area contributed by atoms with Crippen molar-refractivity contribution in [3.05, 3.63) is 69.4 Å². The third-order valence-corrected chi connectivity index (χ3v) is 3.87. The molecule has 0 atom stereocenters. The summed E-state index contributed by atoms with van der Waals surface area (Å²) in [5.74, 6) is -1.74. The van der Waals surface area contributed by atoms with E-state index in [0.29, 0.717) is 18.0 Å². The average Bonchev–Trinajstić information content (AvgIpc) is 3.05. The van der Waals surface area contributed by atoms with Gasteiger partial charge in [0.1, 0.15) is 0 Å². The Kier molecular flexibility index (Phi) is 4.63. The van der Waals surface area contributed by atoms with E-state index in [2.05, 4.69) is 14.7 Å². The van der Waals surface area contributed by atoms with Crippen molar-refractivity contribution >= 4 is 11.6 Å². The van der Waals surface area contributed by atoms with Crippen LogP contribution in [0.15, 0.2) is 51.9 Å². The zero-order valence-electron chi connectivity index (χ0n) is 12.6. The molecule has 0 aliphatic rings. The van der Waals surface area contributed by atoms with E-state index < -0.39 is 12.1 Å². The highest BCUT2D eigenvalue weighted by Crippen LogP contribution is 2.29. The molecule has 0 radical (unpaired) electrons. The molecule has 0 aliphatic heterocycles. The normalized spacial score (nSPS) is 11.7. The summed E-state index contributed by atoms with van der Waals surface area (Å²) in [6.07, 6.45) is -2.72. The molecule has 0 amide bonds. The summed E-state index contributed by atoms with van der Waals surface area (Å²) >= 11 is 6.07. The van der Waals surface area contributed by atoms with E-state index >= 15 is 0 Å². The zero-order chi connectivity index (χ0) is 18.0. The molecule has 130 valence electrons. The van der Waals surface area contributed by atoms with Crippen molar-refractivity contribution in [2.24, 2.45) is 0 Å². The number of pyridine rings is 1. The topological polar surface area (TPSA) is 60.9 Å². The summed E-state index contributed by atoms with van der Waals surface area (Å²) in [5, 5.41) is 3.87. The van der Waals surface area contributed by atoms with Crippen molar-refractivity contribution < 1.29 is 17.7 Å². The first-order valence-electron chi connectivity index (χ1n) is 7.20. The number of hydrogen-bond donors (Lipinski definition) is 0. The maximum atomic E-state index is 12.5. The minimum Gasteiger partial charge on any atom is -0.329 e. The third kappa shape index (κ3) is 3.90. The second-order valence-electron chi connectivity index (χ2n) is 5.21. The van der Waals surface area contributed by atoms with Crippen LogP contribution in [0, 0.1) is 0 Å². The van der Waals surface area contributed by atoms with Crippen molar-refractivity contribution in [3.8, 4) is 11.4 Å². The van der Waals surface area contributed by atoms with Gasteiger partial charge in [0.2, 0.25) is 5.82 Å². The largest absolute Gasteiger partial charge is 0.471 e. The minimum absolute atomic E-state index is 0.151. The van der Waals surface area contributed by atoms with Crippen molar-refractivity contribution in [2.75, 3.05) is 0 Å². The van der Waals surface area contributed by atoms with Crippen molar-refractivity contribution in [3.63, 3.8) is 0 Å². The monoisotopic (exact) mass is 369 g/mol. The molecule has 2 aromatic heterocycles. The van der Waals surface area contributed by atoms with Gasteiger partial charge in [-0.2, -0.15) is 18.2 Å². The van der Waals surface area contributed by atoms with Gasteiger partial charge in [-0.3, -0.25) is 4.79 Å². The number of halogens is 4. The van der Waals surface area contributed by atoms with E-state index in [1.165, 1.54) is 16.8 Å². The first kappa shape index (κ1) is 17.2. The highest BCUT2D eigenvalue weighted by Gasteiger charge is 2.38. The minimum atomic E-state index is -4.73. The summed E-state index contributed by atoms with van der Waals surface area (Å²) in [5.41, 5.74) is 0.661. The molecule has 3 aromatic rings. The Bertz CT molecular complexity index is 950. The van der Waals surface area contributed by atoms with Gasteiger partial charge in [-0.15, -0.1) is 0 Å². The predicted octanol–water partition coefficient (Wildman–Crippen LogP) is 3.81. The lowest BCUT2D eigenvalue weighted by atomic mass is 10.1. The molecule has 0 aliphatic carbocycles. The number of nitrogens with zero attached hydrogens (tertiary/aromatic N) is 3. The molecule has 0 fully saturated rings. The number of aryl methyl sites for hydroxylation is 2. The lowest BCUT2D eigenvalue weighted by Gasteiger charge is -2.07. The molecule has 0 bridgehead atoms. The van der Waals surface area contributed by atoms with Crippen LogP contribution in [0.1, 0.15) is 11.5 Å². The van der Waals surface area contributed by atoms with Gasteiger partial charge in [0, 0.05) is 29.4 Å². The summed E-state index contributed by atoms with van der Waals surface area (Å²) in [6, 6.07) is 9.90. The van der Waals surface area contributed by atoms with Gasteiger partial charge >= 0.3 is 12.1 Å². The number of alkyl halides is 3. The molecule has 9 heteroatoms. The Morgan fingerprint density at radius 3 is 2.60 bits per heavy atom. The summed E-state index contributed by atoms with van der Waals surface area (Å²) in [6.45, 7) is 0.378.